The summed E-state index contributed by atoms with van der Waals surface area (Å²) in [6, 6.07) is 35.8. The van der Waals surface area contributed by atoms with E-state index in [2.05, 4.69) is 13.8 Å². The van der Waals surface area contributed by atoms with Crippen LogP contribution in [0.1, 0.15) is 52.4 Å². The van der Waals surface area contributed by atoms with Gasteiger partial charge < -0.3 is 10.2 Å². The molecule has 0 aliphatic rings. The fraction of sp³-hybridized carbons (Fsp3) is 0.333. The number of benzene rings is 4. The molecular formula is C36H50O6P2+2. The number of unbranched alkanes of at least 4 members (excludes halogenated alkanes) is 2. The third-order valence-electron chi connectivity index (χ3n) is 7.46. The lowest BCUT2D eigenvalue weighted by atomic mass is 9.85. The number of aliphatic hydroxyl groups is 2. The molecule has 4 aromatic rings. The third-order valence-corrected chi connectivity index (χ3v) is 11.5. The predicted molar refractivity (Wildman–Crippen MR) is 187 cm³/mol. The summed E-state index contributed by atoms with van der Waals surface area (Å²) in [6.45, 7) is 4.78. The maximum absolute atomic E-state index is 10.1. The standard InChI is InChI=1S/2C12H12O2P.C12H26O2/c2*13-15(14,11-7-3-1-4-8-11)12-9-5-2-6-10-12;1-3-5-7-11(9-13)12(10-14)8-6-4-2/h2*1-10,13-14H;11-14H,3-10H2,1-2H3/q2*+1;. The first kappa shape index (κ1) is 37.7. The molecule has 0 heterocycles. The van der Waals surface area contributed by atoms with E-state index in [0.29, 0.717) is 33.1 Å². The average Bonchev–Trinajstić information content (AvgIpc) is 3.08. The van der Waals surface area contributed by atoms with Crippen LogP contribution in [0.5, 0.6) is 0 Å². The van der Waals surface area contributed by atoms with E-state index >= 15 is 0 Å². The zero-order valence-electron chi connectivity index (χ0n) is 25.9. The van der Waals surface area contributed by atoms with Crippen LogP contribution < -0.4 is 21.2 Å². The molecular weight excluding hydrogens is 590 g/mol. The van der Waals surface area contributed by atoms with Gasteiger partial charge in [0.2, 0.25) is 0 Å². The minimum absolute atomic E-state index is 0.231. The Morgan fingerprint density at radius 1 is 0.432 bits per heavy atom. The summed E-state index contributed by atoms with van der Waals surface area (Å²) in [4.78, 5) is 40.5. The fourth-order valence-electron chi connectivity index (χ4n) is 4.73. The molecule has 0 fully saturated rings. The van der Waals surface area contributed by atoms with Crippen LogP contribution in [0.2, 0.25) is 0 Å². The molecule has 44 heavy (non-hydrogen) atoms. The second kappa shape index (κ2) is 20.5. The summed E-state index contributed by atoms with van der Waals surface area (Å²) in [5.41, 5.74) is 0. The predicted octanol–water partition coefficient (Wildman–Crippen LogP) is 5.52. The highest BCUT2D eigenvalue weighted by molar-refractivity contribution is 7.79. The van der Waals surface area contributed by atoms with E-state index in [0.717, 1.165) is 25.7 Å². The topological polar surface area (TPSA) is 121 Å². The Labute approximate surface area is 264 Å². The molecule has 2 unspecified atom stereocenters. The van der Waals surface area contributed by atoms with E-state index in [4.69, 9.17) is 0 Å². The molecule has 0 radical (unpaired) electrons. The van der Waals surface area contributed by atoms with Gasteiger partial charge in [0.1, 0.15) is 0 Å². The van der Waals surface area contributed by atoms with Crippen LogP contribution in [0.3, 0.4) is 0 Å². The molecule has 0 bridgehead atoms. The van der Waals surface area contributed by atoms with Crippen molar-refractivity contribution in [3.8, 4) is 0 Å². The molecule has 238 valence electrons. The Kier molecular flexibility index (Phi) is 17.6. The zero-order chi connectivity index (χ0) is 32.3. The number of rotatable bonds is 13. The fourth-order valence-corrected chi connectivity index (χ4v) is 7.67. The van der Waals surface area contributed by atoms with E-state index < -0.39 is 15.4 Å². The molecule has 0 aliphatic carbocycles. The van der Waals surface area contributed by atoms with Crippen molar-refractivity contribution in [2.75, 3.05) is 13.2 Å². The van der Waals surface area contributed by atoms with Gasteiger partial charge in [-0.25, -0.2) is 19.6 Å². The summed E-state index contributed by atoms with van der Waals surface area (Å²) in [5, 5.41) is 20.8. The average molecular weight is 641 g/mol. The molecule has 8 heteroatoms. The quantitative estimate of drug-likeness (QED) is 0.107. The summed E-state index contributed by atoms with van der Waals surface area (Å²) in [6.07, 6.45) is 6.77. The van der Waals surface area contributed by atoms with Crippen LogP contribution in [0.4, 0.5) is 0 Å². The summed E-state index contributed by atoms with van der Waals surface area (Å²) in [5.74, 6) is 0.623. The highest BCUT2D eigenvalue weighted by Gasteiger charge is 2.40. The molecule has 4 rings (SSSR count). The van der Waals surface area contributed by atoms with Gasteiger partial charge in [-0.2, -0.15) is 0 Å². The van der Waals surface area contributed by atoms with Gasteiger partial charge in [-0.05, 0) is 73.2 Å². The Bertz CT molecular complexity index is 1080. The van der Waals surface area contributed by atoms with Crippen LogP contribution in [-0.2, 0) is 0 Å². The van der Waals surface area contributed by atoms with Gasteiger partial charge in [0.05, 0.1) is 0 Å². The maximum Gasteiger partial charge on any atom is 0.333 e. The maximum atomic E-state index is 10.1. The van der Waals surface area contributed by atoms with Crippen LogP contribution in [0.25, 0.3) is 0 Å². The Morgan fingerprint density at radius 3 is 0.841 bits per heavy atom. The van der Waals surface area contributed by atoms with Gasteiger partial charge in [0.25, 0.3) is 0 Å². The first-order chi connectivity index (χ1) is 21.2. The Morgan fingerprint density at radius 2 is 0.659 bits per heavy atom. The van der Waals surface area contributed by atoms with Gasteiger partial charge in [0, 0.05) is 13.2 Å². The smallest absolute Gasteiger partial charge is 0.333 e. The van der Waals surface area contributed by atoms with Crippen LogP contribution >= 0.6 is 15.4 Å². The monoisotopic (exact) mass is 640 g/mol. The molecule has 0 saturated carbocycles. The van der Waals surface area contributed by atoms with E-state index in [1.54, 1.807) is 97.1 Å². The van der Waals surface area contributed by atoms with Crippen molar-refractivity contribution in [3.05, 3.63) is 121 Å². The van der Waals surface area contributed by atoms with Crippen molar-refractivity contribution in [1.82, 2.24) is 0 Å². The summed E-state index contributed by atoms with van der Waals surface area (Å²) < 4.78 is 0. The van der Waals surface area contributed by atoms with Gasteiger partial charge in [-0.15, -0.1) is 0 Å². The molecule has 6 nitrogen and oxygen atoms in total. The molecule has 0 amide bonds. The molecule has 0 saturated heterocycles. The van der Waals surface area contributed by atoms with Gasteiger partial charge in [-0.3, -0.25) is 0 Å². The molecule has 4 aromatic carbocycles. The molecule has 2 atom stereocenters. The Balaban J connectivity index is 0.000000231. The normalized spacial score (nSPS) is 12.6. The lowest BCUT2D eigenvalue weighted by Gasteiger charge is -2.23. The third kappa shape index (κ3) is 12.1. The van der Waals surface area contributed by atoms with Crippen molar-refractivity contribution >= 4 is 36.7 Å². The second-order valence-corrected chi connectivity index (χ2v) is 15.2. The highest BCUT2D eigenvalue weighted by Crippen LogP contribution is 2.47. The van der Waals surface area contributed by atoms with E-state index in [1.165, 1.54) is 12.8 Å². The van der Waals surface area contributed by atoms with Crippen molar-refractivity contribution < 1.29 is 29.8 Å². The molecule has 6 N–H and O–H groups in total. The van der Waals surface area contributed by atoms with Gasteiger partial charge >= 0.3 is 15.4 Å². The molecule has 0 aromatic heterocycles. The van der Waals surface area contributed by atoms with Crippen molar-refractivity contribution in [1.29, 1.82) is 0 Å². The summed E-state index contributed by atoms with van der Waals surface area (Å²) >= 11 is 0. The van der Waals surface area contributed by atoms with Gasteiger partial charge in [0.15, 0.2) is 21.2 Å². The Hall–Kier alpha value is -2.50. The lowest BCUT2D eigenvalue weighted by molar-refractivity contribution is 0.105. The number of hydrogen-bond donors (Lipinski definition) is 6. The van der Waals surface area contributed by atoms with Crippen molar-refractivity contribution in [2.45, 2.75) is 52.4 Å². The molecule has 0 spiro atoms. The van der Waals surface area contributed by atoms with Gasteiger partial charge in [-0.1, -0.05) is 112 Å². The van der Waals surface area contributed by atoms with E-state index in [-0.39, 0.29) is 13.2 Å². The first-order valence-electron chi connectivity index (χ1n) is 15.4. The SMILES string of the molecule is CCCCC(CO)C(CO)CCCC.O[P+](O)(c1ccccc1)c1ccccc1.O[P+](O)(c1ccccc1)c1ccccc1. The van der Waals surface area contributed by atoms with Crippen LogP contribution in [0, 0.1) is 11.8 Å². The number of aliphatic hydroxyl groups excluding tert-OH is 2. The van der Waals surface area contributed by atoms with Crippen LogP contribution in [-0.4, -0.2) is 43.0 Å². The molecule has 0 aliphatic heterocycles. The minimum atomic E-state index is -3.15. The largest absolute Gasteiger partial charge is 0.396 e. The minimum Gasteiger partial charge on any atom is -0.396 e. The van der Waals surface area contributed by atoms with E-state index in [1.807, 2.05) is 24.3 Å². The highest BCUT2D eigenvalue weighted by atomic mass is 31.2. The van der Waals surface area contributed by atoms with Crippen molar-refractivity contribution in [3.63, 3.8) is 0 Å². The van der Waals surface area contributed by atoms with Crippen molar-refractivity contribution in [2.24, 2.45) is 11.8 Å². The summed E-state index contributed by atoms with van der Waals surface area (Å²) in [7, 11) is -6.29. The second-order valence-electron chi connectivity index (χ2n) is 10.7. The van der Waals surface area contributed by atoms with E-state index in [9.17, 15) is 29.8 Å². The number of hydrogen-bond acceptors (Lipinski definition) is 6. The lowest BCUT2D eigenvalue weighted by Crippen LogP contribution is -2.22. The first-order valence-corrected chi connectivity index (χ1v) is 18.7. The van der Waals surface area contributed by atoms with Crippen LogP contribution in [0.15, 0.2) is 121 Å². The zero-order valence-corrected chi connectivity index (χ0v) is 27.7.